The Kier molecular flexibility index (Phi) is 3.70. The largest absolute Gasteiger partial charge is 0.336 e. The Labute approximate surface area is 119 Å². The van der Waals surface area contributed by atoms with Crippen molar-refractivity contribution >= 4 is 16.7 Å². The zero-order chi connectivity index (χ0) is 13.9. The summed E-state index contributed by atoms with van der Waals surface area (Å²) in [5, 5.41) is 2.50. The van der Waals surface area contributed by atoms with E-state index in [1.54, 1.807) is 0 Å². The third kappa shape index (κ3) is 2.29. The number of hydrogen-bond acceptors (Lipinski definition) is 2. The molecule has 1 aliphatic heterocycles. The summed E-state index contributed by atoms with van der Waals surface area (Å²) >= 11 is 0. The van der Waals surface area contributed by atoms with Gasteiger partial charge in [-0.3, -0.25) is 4.79 Å². The van der Waals surface area contributed by atoms with E-state index in [1.807, 2.05) is 4.90 Å². The molecule has 3 nitrogen and oxygen atoms in total. The number of nitrogens with two attached hydrogens (primary N) is 1. The molecule has 1 fully saturated rings. The van der Waals surface area contributed by atoms with Gasteiger partial charge in [-0.2, -0.15) is 0 Å². The third-order valence-electron chi connectivity index (χ3n) is 4.11. The van der Waals surface area contributed by atoms with Gasteiger partial charge in [0.05, 0.1) is 6.04 Å². The minimum Gasteiger partial charge on any atom is -0.336 e. The van der Waals surface area contributed by atoms with Gasteiger partial charge < -0.3 is 10.6 Å². The second kappa shape index (κ2) is 5.63. The number of benzene rings is 2. The second-order valence-electron chi connectivity index (χ2n) is 5.35. The lowest BCUT2D eigenvalue weighted by atomic mass is 9.97. The van der Waals surface area contributed by atoms with Crippen molar-refractivity contribution in [2.45, 2.75) is 25.3 Å². The zero-order valence-corrected chi connectivity index (χ0v) is 11.6. The molecule has 2 N–H and O–H groups in total. The molecule has 1 unspecified atom stereocenters. The van der Waals surface area contributed by atoms with Gasteiger partial charge in [0.2, 0.25) is 5.91 Å². The van der Waals surface area contributed by atoms with Crippen LogP contribution in [0.15, 0.2) is 42.5 Å². The number of rotatable bonds is 3. The molecule has 0 aromatic heterocycles. The topological polar surface area (TPSA) is 46.3 Å². The first-order valence-corrected chi connectivity index (χ1v) is 7.28. The van der Waals surface area contributed by atoms with Crippen LogP contribution in [0, 0.1) is 0 Å². The van der Waals surface area contributed by atoms with Crippen molar-refractivity contribution in [3.8, 4) is 0 Å². The molecule has 1 atom stereocenters. The molecule has 1 aliphatic rings. The Morgan fingerprint density at radius 3 is 2.85 bits per heavy atom. The molecule has 1 heterocycles. The SMILES string of the molecule is NCCC(=O)N1CCCC1c1cccc2ccccc12. The maximum absolute atomic E-state index is 12.2. The van der Waals surface area contributed by atoms with Crippen LogP contribution in [-0.4, -0.2) is 23.9 Å². The number of likely N-dealkylation sites (tertiary alicyclic amines) is 1. The first-order valence-electron chi connectivity index (χ1n) is 7.28. The number of carbonyl (C=O) groups excluding carboxylic acids is 1. The van der Waals surface area contributed by atoms with E-state index in [4.69, 9.17) is 5.73 Å². The Morgan fingerprint density at radius 2 is 2.00 bits per heavy atom. The van der Waals surface area contributed by atoms with Crippen LogP contribution in [0.2, 0.25) is 0 Å². The van der Waals surface area contributed by atoms with Gasteiger partial charge in [-0.15, -0.1) is 0 Å². The van der Waals surface area contributed by atoms with Crippen molar-refractivity contribution in [1.82, 2.24) is 4.90 Å². The van der Waals surface area contributed by atoms with Gasteiger partial charge in [0.25, 0.3) is 0 Å². The van der Waals surface area contributed by atoms with E-state index in [2.05, 4.69) is 42.5 Å². The fraction of sp³-hybridized carbons (Fsp3) is 0.353. The van der Waals surface area contributed by atoms with Crippen LogP contribution in [0.5, 0.6) is 0 Å². The van der Waals surface area contributed by atoms with Crippen LogP contribution in [0.1, 0.15) is 30.9 Å². The van der Waals surface area contributed by atoms with E-state index in [9.17, 15) is 4.79 Å². The number of hydrogen-bond donors (Lipinski definition) is 1. The smallest absolute Gasteiger partial charge is 0.224 e. The van der Waals surface area contributed by atoms with Crippen LogP contribution >= 0.6 is 0 Å². The Morgan fingerprint density at radius 1 is 1.20 bits per heavy atom. The Hall–Kier alpha value is -1.87. The molecule has 0 bridgehead atoms. The first kappa shape index (κ1) is 13.1. The highest BCUT2D eigenvalue weighted by Crippen LogP contribution is 2.36. The quantitative estimate of drug-likeness (QED) is 0.930. The van der Waals surface area contributed by atoms with E-state index >= 15 is 0 Å². The summed E-state index contributed by atoms with van der Waals surface area (Å²) in [6.07, 6.45) is 2.57. The molecular weight excluding hydrogens is 248 g/mol. The van der Waals surface area contributed by atoms with E-state index in [-0.39, 0.29) is 11.9 Å². The number of carbonyl (C=O) groups is 1. The molecule has 20 heavy (non-hydrogen) atoms. The summed E-state index contributed by atoms with van der Waals surface area (Å²) in [6.45, 7) is 1.28. The van der Waals surface area contributed by atoms with Crippen LogP contribution in [0.3, 0.4) is 0 Å². The fourth-order valence-electron chi connectivity index (χ4n) is 3.20. The molecule has 2 aromatic rings. The Bertz CT molecular complexity index is 618. The van der Waals surface area contributed by atoms with Gasteiger partial charge in [-0.1, -0.05) is 42.5 Å². The highest BCUT2D eigenvalue weighted by atomic mass is 16.2. The standard InChI is InChI=1S/C17H20N2O/c18-11-10-17(20)19-12-4-9-16(19)15-8-3-6-13-5-1-2-7-14(13)15/h1-3,5-8,16H,4,9-12,18H2. The number of fused-ring (bicyclic) bond motifs is 1. The summed E-state index contributed by atoms with van der Waals surface area (Å²) < 4.78 is 0. The maximum atomic E-state index is 12.2. The van der Waals surface area contributed by atoms with Crippen molar-refractivity contribution in [3.05, 3.63) is 48.0 Å². The molecule has 1 amide bonds. The predicted molar refractivity (Wildman–Crippen MR) is 81.3 cm³/mol. The van der Waals surface area contributed by atoms with Crippen molar-refractivity contribution in [3.63, 3.8) is 0 Å². The van der Waals surface area contributed by atoms with Gasteiger partial charge in [0.1, 0.15) is 0 Å². The highest BCUT2D eigenvalue weighted by molar-refractivity contribution is 5.87. The fourth-order valence-corrected chi connectivity index (χ4v) is 3.20. The average Bonchev–Trinajstić information content (AvgIpc) is 2.96. The molecule has 3 heteroatoms. The van der Waals surface area contributed by atoms with E-state index in [0.29, 0.717) is 13.0 Å². The molecule has 0 saturated carbocycles. The van der Waals surface area contributed by atoms with Gasteiger partial charge in [-0.05, 0) is 29.2 Å². The van der Waals surface area contributed by atoms with Crippen LogP contribution in [0.25, 0.3) is 10.8 Å². The molecular formula is C17H20N2O. The first-order chi connectivity index (χ1) is 9.81. The molecule has 3 rings (SSSR count). The van der Waals surface area contributed by atoms with Crippen LogP contribution in [0.4, 0.5) is 0 Å². The van der Waals surface area contributed by atoms with Crippen LogP contribution in [-0.2, 0) is 4.79 Å². The molecule has 0 aliphatic carbocycles. The molecule has 2 aromatic carbocycles. The third-order valence-corrected chi connectivity index (χ3v) is 4.11. The van der Waals surface area contributed by atoms with Crippen LogP contribution < -0.4 is 5.73 Å². The van der Waals surface area contributed by atoms with E-state index in [0.717, 1.165) is 19.4 Å². The molecule has 0 spiro atoms. The number of amides is 1. The molecule has 0 radical (unpaired) electrons. The second-order valence-corrected chi connectivity index (χ2v) is 5.35. The average molecular weight is 268 g/mol. The summed E-state index contributed by atoms with van der Waals surface area (Å²) in [4.78, 5) is 14.2. The minimum atomic E-state index is 0.183. The summed E-state index contributed by atoms with van der Waals surface area (Å²) in [5.41, 5.74) is 6.79. The summed E-state index contributed by atoms with van der Waals surface area (Å²) in [7, 11) is 0. The Balaban J connectivity index is 1.99. The van der Waals surface area contributed by atoms with Crippen molar-refractivity contribution in [1.29, 1.82) is 0 Å². The predicted octanol–water partition coefficient (Wildman–Crippen LogP) is 2.85. The zero-order valence-electron chi connectivity index (χ0n) is 11.6. The normalized spacial score (nSPS) is 18.6. The minimum absolute atomic E-state index is 0.183. The van der Waals surface area contributed by atoms with Gasteiger partial charge >= 0.3 is 0 Å². The van der Waals surface area contributed by atoms with Crippen molar-refractivity contribution < 1.29 is 4.79 Å². The summed E-state index contributed by atoms with van der Waals surface area (Å²) in [5.74, 6) is 0.183. The van der Waals surface area contributed by atoms with Crippen molar-refractivity contribution in [2.24, 2.45) is 5.73 Å². The molecule has 104 valence electrons. The summed E-state index contributed by atoms with van der Waals surface area (Å²) in [6, 6.07) is 15.0. The maximum Gasteiger partial charge on any atom is 0.224 e. The van der Waals surface area contributed by atoms with Gasteiger partial charge in [0, 0.05) is 19.5 Å². The van der Waals surface area contributed by atoms with Crippen molar-refractivity contribution in [2.75, 3.05) is 13.1 Å². The number of nitrogens with zero attached hydrogens (tertiary/aromatic N) is 1. The lowest BCUT2D eigenvalue weighted by Gasteiger charge is -2.26. The molecule has 1 saturated heterocycles. The van der Waals surface area contributed by atoms with E-state index in [1.165, 1.54) is 16.3 Å². The lowest BCUT2D eigenvalue weighted by molar-refractivity contribution is -0.131. The van der Waals surface area contributed by atoms with Gasteiger partial charge in [0.15, 0.2) is 0 Å². The monoisotopic (exact) mass is 268 g/mol. The highest BCUT2D eigenvalue weighted by Gasteiger charge is 2.30. The van der Waals surface area contributed by atoms with E-state index < -0.39 is 0 Å². The van der Waals surface area contributed by atoms with Gasteiger partial charge in [-0.25, -0.2) is 0 Å². The lowest BCUT2D eigenvalue weighted by Crippen LogP contribution is -2.31.